The number of nitrogens with zero attached hydrogens (tertiary/aromatic N) is 1. The van der Waals surface area contributed by atoms with Gasteiger partial charge in [-0.25, -0.2) is 0 Å². The van der Waals surface area contributed by atoms with Crippen molar-refractivity contribution in [2.24, 2.45) is 0 Å². The van der Waals surface area contributed by atoms with Crippen molar-refractivity contribution in [3.05, 3.63) is 30.3 Å². The minimum atomic E-state index is -0.411. The van der Waals surface area contributed by atoms with Crippen LogP contribution in [0.4, 0.5) is 0 Å². The Morgan fingerprint density at radius 1 is 1.28 bits per heavy atom. The molecule has 1 aliphatic heterocycles. The van der Waals surface area contributed by atoms with Crippen LogP contribution in [-0.4, -0.2) is 50.1 Å². The third-order valence-electron chi connectivity index (χ3n) is 3.33. The lowest BCUT2D eigenvalue weighted by Crippen LogP contribution is -3.12. The Labute approximate surface area is 108 Å². The van der Waals surface area contributed by atoms with Crippen molar-refractivity contribution >= 4 is 5.91 Å². The van der Waals surface area contributed by atoms with Gasteiger partial charge in [-0.3, -0.25) is 4.79 Å². The monoisotopic (exact) mass is 249 g/mol. The van der Waals surface area contributed by atoms with E-state index in [4.69, 9.17) is 4.74 Å². The van der Waals surface area contributed by atoms with Crippen LogP contribution in [0.3, 0.4) is 0 Å². The molecule has 98 valence electrons. The summed E-state index contributed by atoms with van der Waals surface area (Å²) in [5, 5.41) is 0. The van der Waals surface area contributed by atoms with Crippen LogP contribution in [0, 0.1) is 0 Å². The number of carbonyl (C=O) groups is 1. The number of carbonyl (C=O) groups excluding carboxylic acids is 1. The largest absolute Gasteiger partial charge is 0.481 e. The molecule has 1 aliphatic rings. The first-order chi connectivity index (χ1) is 8.66. The Morgan fingerprint density at radius 3 is 2.50 bits per heavy atom. The van der Waals surface area contributed by atoms with Gasteiger partial charge in [0.2, 0.25) is 0 Å². The van der Waals surface area contributed by atoms with Crippen LogP contribution in [0.25, 0.3) is 0 Å². The van der Waals surface area contributed by atoms with Crippen molar-refractivity contribution < 1.29 is 14.4 Å². The van der Waals surface area contributed by atoms with E-state index in [1.54, 1.807) is 0 Å². The first kappa shape index (κ1) is 12.9. The molecule has 0 aromatic heterocycles. The van der Waals surface area contributed by atoms with Crippen LogP contribution in [0.1, 0.15) is 6.92 Å². The number of hydrogen-bond donors (Lipinski definition) is 1. The zero-order valence-electron chi connectivity index (χ0n) is 11.1. The second kappa shape index (κ2) is 5.87. The summed E-state index contributed by atoms with van der Waals surface area (Å²) in [5.74, 6) is 0.837. The fourth-order valence-corrected chi connectivity index (χ4v) is 2.12. The molecule has 18 heavy (non-hydrogen) atoms. The number of benzene rings is 1. The van der Waals surface area contributed by atoms with E-state index < -0.39 is 6.10 Å². The molecule has 2 rings (SSSR count). The van der Waals surface area contributed by atoms with Gasteiger partial charge in [-0.15, -0.1) is 0 Å². The molecule has 0 aliphatic carbocycles. The summed E-state index contributed by atoms with van der Waals surface area (Å²) in [4.78, 5) is 15.6. The predicted octanol–water partition coefficient (Wildman–Crippen LogP) is -0.189. The van der Waals surface area contributed by atoms with Crippen LogP contribution in [0.5, 0.6) is 5.75 Å². The zero-order valence-corrected chi connectivity index (χ0v) is 11.1. The predicted molar refractivity (Wildman–Crippen MR) is 69.7 cm³/mol. The molecule has 1 aromatic carbocycles. The van der Waals surface area contributed by atoms with E-state index in [-0.39, 0.29) is 5.91 Å². The number of hydrogen-bond acceptors (Lipinski definition) is 2. The van der Waals surface area contributed by atoms with Gasteiger partial charge < -0.3 is 14.5 Å². The summed E-state index contributed by atoms with van der Waals surface area (Å²) in [6.07, 6.45) is -0.411. The van der Waals surface area contributed by atoms with E-state index in [1.165, 1.54) is 4.90 Å². The Kier molecular flexibility index (Phi) is 4.20. The van der Waals surface area contributed by atoms with Gasteiger partial charge >= 0.3 is 0 Å². The molecule has 1 saturated heterocycles. The molecule has 0 radical (unpaired) electrons. The maximum absolute atomic E-state index is 12.2. The van der Waals surface area contributed by atoms with Gasteiger partial charge in [-0.1, -0.05) is 18.2 Å². The van der Waals surface area contributed by atoms with Crippen molar-refractivity contribution in [2.75, 3.05) is 33.2 Å². The maximum atomic E-state index is 12.2. The van der Waals surface area contributed by atoms with E-state index in [1.807, 2.05) is 42.2 Å². The first-order valence-electron chi connectivity index (χ1n) is 6.48. The van der Waals surface area contributed by atoms with Crippen molar-refractivity contribution in [1.82, 2.24) is 4.90 Å². The van der Waals surface area contributed by atoms with Crippen molar-refractivity contribution in [2.45, 2.75) is 13.0 Å². The Balaban J connectivity index is 1.89. The minimum Gasteiger partial charge on any atom is -0.481 e. The van der Waals surface area contributed by atoms with Crippen LogP contribution in [-0.2, 0) is 4.79 Å². The molecule has 0 spiro atoms. The average molecular weight is 249 g/mol. The van der Waals surface area contributed by atoms with Crippen LogP contribution in [0.2, 0.25) is 0 Å². The molecule has 1 fully saturated rings. The molecule has 1 N–H and O–H groups in total. The highest BCUT2D eigenvalue weighted by Crippen LogP contribution is 2.12. The molecule has 1 amide bonds. The number of likely N-dealkylation sites (N-methyl/N-ethyl adjacent to an activating group) is 1. The van der Waals surface area contributed by atoms with E-state index in [0.29, 0.717) is 0 Å². The second-order valence-electron chi connectivity index (χ2n) is 4.86. The first-order valence-corrected chi connectivity index (χ1v) is 6.48. The lowest BCUT2D eigenvalue weighted by Gasteiger charge is -2.31. The molecule has 1 aromatic rings. The van der Waals surface area contributed by atoms with Gasteiger partial charge in [0.1, 0.15) is 5.75 Å². The summed E-state index contributed by atoms with van der Waals surface area (Å²) in [5.41, 5.74) is 0. The summed E-state index contributed by atoms with van der Waals surface area (Å²) in [6, 6.07) is 9.50. The number of nitrogens with one attached hydrogen (secondary N) is 1. The molecule has 4 nitrogen and oxygen atoms in total. The minimum absolute atomic E-state index is 0.0892. The number of piperazine rings is 1. The number of amides is 1. The molecule has 0 saturated carbocycles. The molecule has 1 heterocycles. The van der Waals surface area contributed by atoms with E-state index in [9.17, 15) is 4.79 Å². The van der Waals surface area contributed by atoms with E-state index >= 15 is 0 Å². The van der Waals surface area contributed by atoms with Gasteiger partial charge in [0, 0.05) is 0 Å². The fraction of sp³-hybridized carbons (Fsp3) is 0.500. The third kappa shape index (κ3) is 3.23. The topological polar surface area (TPSA) is 34.0 Å². The lowest BCUT2D eigenvalue weighted by atomic mass is 10.2. The highest BCUT2D eigenvalue weighted by Gasteiger charge is 2.26. The molecule has 0 unspecified atom stereocenters. The highest BCUT2D eigenvalue weighted by atomic mass is 16.5. The summed E-state index contributed by atoms with van der Waals surface area (Å²) in [6.45, 7) is 5.51. The molecule has 1 atom stereocenters. The normalized spacial score (nSPS) is 18.4. The van der Waals surface area contributed by atoms with Gasteiger partial charge in [-0.2, -0.15) is 0 Å². The number of quaternary nitrogens is 1. The summed E-state index contributed by atoms with van der Waals surface area (Å²) < 4.78 is 5.66. The third-order valence-corrected chi connectivity index (χ3v) is 3.33. The lowest BCUT2D eigenvalue weighted by molar-refractivity contribution is -0.883. The van der Waals surface area contributed by atoms with Crippen molar-refractivity contribution in [1.29, 1.82) is 0 Å². The van der Waals surface area contributed by atoms with Crippen LogP contribution < -0.4 is 9.64 Å². The molecule has 4 heteroatoms. The number of rotatable bonds is 3. The molecular weight excluding hydrogens is 228 g/mol. The standard InChI is InChI=1S/C14H20N2O2/c1-12(18-13-6-4-3-5-7-13)14(17)16-10-8-15(2)9-11-16/h3-7,12H,8-11H2,1-2H3/p+1/t12-/m0/s1. The Bertz CT molecular complexity index is 386. The molecule has 0 bridgehead atoms. The summed E-state index contributed by atoms with van der Waals surface area (Å²) >= 11 is 0. The summed E-state index contributed by atoms with van der Waals surface area (Å²) in [7, 11) is 2.16. The van der Waals surface area contributed by atoms with E-state index in [0.717, 1.165) is 31.9 Å². The Morgan fingerprint density at radius 2 is 1.89 bits per heavy atom. The van der Waals surface area contributed by atoms with Crippen LogP contribution >= 0.6 is 0 Å². The zero-order chi connectivity index (χ0) is 13.0. The second-order valence-corrected chi connectivity index (χ2v) is 4.86. The highest BCUT2D eigenvalue weighted by molar-refractivity contribution is 5.81. The van der Waals surface area contributed by atoms with Crippen molar-refractivity contribution in [3.8, 4) is 5.75 Å². The van der Waals surface area contributed by atoms with Gasteiger partial charge in [0.15, 0.2) is 6.10 Å². The quantitative estimate of drug-likeness (QED) is 0.806. The maximum Gasteiger partial charge on any atom is 0.263 e. The molecular formula is C14H21N2O2+. The van der Waals surface area contributed by atoms with E-state index in [2.05, 4.69) is 7.05 Å². The number of ether oxygens (including phenoxy) is 1. The SMILES string of the molecule is C[C@H](Oc1ccccc1)C(=O)N1CC[NH+](C)CC1. The van der Waals surface area contributed by atoms with Crippen LogP contribution in [0.15, 0.2) is 30.3 Å². The fourth-order valence-electron chi connectivity index (χ4n) is 2.12. The smallest absolute Gasteiger partial charge is 0.263 e. The average Bonchev–Trinajstić information content (AvgIpc) is 2.40. The van der Waals surface area contributed by atoms with Crippen molar-refractivity contribution in [3.63, 3.8) is 0 Å². The number of para-hydroxylation sites is 1. The van der Waals surface area contributed by atoms with Gasteiger partial charge in [0.05, 0.1) is 33.2 Å². The van der Waals surface area contributed by atoms with Gasteiger partial charge in [-0.05, 0) is 19.1 Å². The Hall–Kier alpha value is -1.55. The van der Waals surface area contributed by atoms with Gasteiger partial charge in [0.25, 0.3) is 5.91 Å².